The van der Waals surface area contributed by atoms with Gasteiger partial charge in [-0.25, -0.2) is 5.43 Å². The molecule has 0 saturated heterocycles. The van der Waals surface area contributed by atoms with E-state index in [1.165, 1.54) is 12.1 Å². The van der Waals surface area contributed by atoms with E-state index in [1.54, 1.807) is 12.1 Å². The van der Waals surface area contributed by atoms with Gasteiger partial charge in [0.05, 0.1) is 11.1 Å². The highest BCUT2D eigenvalue weighted by atomic mass is 127. The molecule has 0 spiro atoms. The van der Waals surface area contributed by atoms with Crippen LogP contribution in [0.25, 0.3) is 0 Å². The van der Waals surface area contributed by atoms with E-state index in [-0.39, 0.29) is 23.6 Å². The second kappa shape index (κ2) is 8.24. The highest BCUT2D eigenvalue weighted by Gasteiger charge is 2.09. The molecule has 24 heavy (non-hydrogen) atoms. The number of nitrogens with zero attached hydrogens (tertiary/aromatic N) is 2. The normalized spacial score (nSPS) is 10.5. The van der Waals surface area contributed by atoms with Gasteiger partial charge in [0.2, 0.25) is 0 Å². The van der Waals surface area contributed by atoms with E-state index >= 15 is 0 Å². The SMILES string of the molecule is O=C(COc1ccc(I)cc1)N/N=C/c1cc([N+](=O)[O-])ccc1O. The molecule has 0 radical (unpaired) electrons. The first-order valence-electron chi connectivity index (χ1n) is 6.63. The quantitative estimate of drug-likeness (QED) is 0.310. The number of phenolic OH excluding ortho intramolecular Hbond substituents is 1. The molecule has 0 fully saturated rings. The van der Waals surface area contributed by atoms with E-state index in [1.807, 2.05) is 12.1 Å². The standard InChI is InChI=1S/C15H12IN3O5/c16-11-1-4-13(5-2-11)24-9-15(21)18-17-8-10-7-12(19(22)23)3-6-14(10)20/h1-8,20H,9H2,(H,18,21)/b17-8+. The summed E-state index contributed by atoms with van der Waals surface area (Å²) in [5.74, 6) is -0.144. The maximum atomic E-state index is 11.6. The van der Waals surface area contributed by atoms with Crippen LogP contribution in [0.4, 0.5) is 5.69 Å². The Morgan fingerprint density at radius 3 is 2.71 bits per heavy atom. The predicted octanol–water partition coefficient (Wildman–Crippen LogP) is 2.43. The summed E-state index contributed by atoms with van der Waals surface area (Å²) < 4.78 is 6.32. The van der Waals surface area contributed by atoms with Crippen molar-refractivity contribution >= 4 is 40.4 Å². The number of ether oxygens (including phenoxy) is 1. The Morgan fingerprint density at radius 1 is 1.33 bits per heavy atom. The van der Waals surface area contributed by atoms with E-state index in [0.29, 0.717) is 5.75 Å². The van der Waals surface area contributed by atoms with Crippen molar-refractivity contribution in [3.8, 4) is 11.5 Å². The number of phenols is 1. The minimum Gasteiger partial charge on any atom is -0.507 e. The second-order valence-electron chi connectivity index (χ2n) is 4.54. The van der Waals surface area contributed by atoms with Gasteiger partial charge in [0.1, 0.15) is 11.5 Å². The van der Waals surface area contributed by atoms with Crippen molar-refractivity contribution in [1.29, 1.82) is 0 Å². The number of non-ortho nitro benzene ring substituents is 1. The lowest BCUT2D eigenvalue weighted by molar-refractivity contribution is -0.384. The van der Waals surface area contributed by atoms with Crippen molar-refractivity contribution in [2.75, 3.05) is 6.61 Å². The zero-order chi connectivity index (χ0) is 17.5. The maximum Gasteiger partial charge on any atom is 0.277 e. The second-order valence-corrected chi connectivity index (χ2v) is 5.78. The zero-order valence-corrected chi connectivity index (χ0v) is 14.3. The third-order valence-electron chi connectivity index (χ3n) is 2.80. The van der Waals surface area contributed by atoms with Crippen LogP contribution in [0.2, 0.25) is 0 Å². The summed E-state index contributed by atoms with van der Waals surface area (Å²) >= 11 is 2.15. The van der Waals surface area contributed by atoms with Gasteiger partial charge in [-0.1, -0.05) is 0 Å². The van der Waals surface area contributed by atoms with Crippen LogP contribution in [-0.4, -0.2) is 28.8 Å². The van der Waals surface area contributed by atoms with Crippen molar-refractivity contribution in [1.82, 2.24) is 5.43 Å². The summed E-state index contributed by atoms with van der Waals surface area (Å²) in [5.41, 5.74) is 2.13. The molecule has 9 heteroatoms. The molecule has 2 N–H and O–H groups in total. The van der Waals surface area contributed by atoms with Crippen molar-refractivity contribution < 1.29 is 19.6 Å². The molecule has 0 aliphatic heterocycles. The van der Waals surface area contributed by atoms with Crippen LogP contribution < -0.4 is 10.2 Å². The largest absolute Gasteiger partial charge is 0.507 e. The minimum atomic E-state index is -0.593. The monoisotopic (exact) mass is 441 g/mol. The summed E-state index contributed by atoms with van der Waals surface area (Å²) in [6, 6.07) is 10.7. The van der Waals surface area contributed by atoms with E-state index < -0.39 is 10.8 Å². The number of nitro benzene ring substituents is 1. The molecule has 0 atom stereocenters. The number of nitro groups is 1. The van der Waals surface area contributed by atoms with Crippen molar-refractivity contribution in [3.05, 3.63) is 61.7 Å². The number of hydrazone groups is 1. The Labute approximate surface area is 150 Å². The summed E-state index contributed by atoms with van der Waals surface area (Å²) in [6.45, 7) is -0.237. The average Bonchev–Trinajstić information content (AvgIpc) is 2.56. The number of nitrogens with one attached hydrogen (secondary N) is 1. The molecule has 0 saturated carbocycles. The highest BCUT2D eigenvalue weighted by molar-refractivity contribution is 14.1. The number of benzene rings is 2. The number of carbonyl (C=O) groups excluding carboxylic acids is 1. The maximum absolute atomic E-state index is 11.6. The fourth-order valence-electron chi connectivity index (χ4n) is 1.64. The van der Waals surface area contributed by atoms with Gasteiger partial charge in [-0.3, -0.25) is 14.9 Å². The average molecular weight is 441 g/mol. The van der Waals surface area contributed by atoms with Gasteiger partial charge in [-0.2, -0.15) is 5.10 Å². The predicted molar refractivity (Wildman–Crippen MR) is 95.2 cm³/mol. The Morgan fingerprint density at radius 2 is 2.04 bits per heavy atom. The summed E-state index contributed by atoms with van der Waals surface area (Å²) in [5, 5.41) is 23.9. The number of aromatic hydroxyl groups is 1. The first-order valence-corrected chi connectivity index (χ1v) is 7.71. The molecule has 0 aliphatic carbocycles. The van der Waals surface area contributed by atoms with Crippen molar-refractivity contribution in [2.24, 2.45) is 5.10 Å². The topological polar surface area (TPSA) is 114 Å². The number of amides is 1. The third kappa shape index (κ3) is 5.19. The Hall–Kier alpha value is -2.69. The van der Waals surface area contributed by atoms with Crippen LogP contribution in [-0.2, 0) is 4.79 Å². The molecular weight excluding hydrogens is 429 g/mol. The van der Waals surface area contributed by atoms with E-state index in [9.17, 15) is 20.0 Å². The van der Waals surface area contributed by atoms with Gasteiger partial charge in [-0.05, 0) is 52.9 Å². The van der Waals surface area contributed by atoms with Crippen LogP contribution >= 0.6 is 22.6 Å². The van der Waals surface area contributed by atoms with Gasteiger partial charge < -0.3 is 9.84 Å². The molecule has 0 heterocycles. The molecule has 8 nitrogen and oxygen atoms in total. The van der Waals surface area contributed by atoms with Crippen molar-refractivity contribution in [2.45, 2.75) is 0 Å². The van der Waals surface area contributed by atoms with Gasteiger partial charge >= 0.3 is 0 Å². The number of hydrogen-bond donors (Lipinski definition) is 2. The summed E-state index contributed by atoms with van der Waals surface area (Å²) in [4.78, 5) is 21.7. The molecule has 0 aromatic heterocycles. The van der Waals surface area contributed by atoms with Crippen LogP contribution in [0.5, 0.6) is 11.5 Å². The molecule has 0 aliphatic rings. The highest BCUT2D eigenvalue weighted by Crippen LogP contribution is 2.21. The Bertz CT molecular complexity index is 777. The van der Waals surface area contributed by atoms with Gasteiger partial charge in [0.25, 0.3) is 11.6 Å². The summed E-state index contributed by atoms with van der Waals surface area (Å²) in [6.07, 6.45) is 1.12. The fraction of sp³-hybridized carbons (Fsp3) is 0.0667. The van der Waals surface area contributed by atoms with E-state index in [2.05, 4.69) is 33.1 Å². The third-order valence-corrected chi connectivity index (χ3v) is 3.52. The van der Waals surface area contributed by atoms with Crippen LogP contribution in [0.3, 0.4) is 0 Å². The molecule has 2 aromatic rings. The lowest BCUT2D eigenvalue weighted by Gasteiger charge is -2.04. The molecule has 2 aromatic carbocycles. The molecule has 124 valence electrons. The van der Waals surface area contributed by atoms with Crippen LogP contribution in [0.15, 0.2) is 47.6 Å². The molecule has 1 amide bonds. The van der Waals surface area contributed by atoms with Crippen molar-refractivity contribution in [3.63, 3.8) is 0 Å². The summed E-state index contributed by atoms with van der Waals surface area (Å²) in [7, 11) is 0. The molecular formula is C15H12IN3O5. The number of rotatable bonds is 6. The molecule has 0 unspecified atom stereocenters. The van der Waals surface area contributed by atoms with Gasteiger partial charge in [0, 0.05) is 21.3 Å². The Kier molecular flexibility index (Phi) is 6.07. The number of hydrogen-bond acceptors (Lipinski definition) is 6. The number of carbonyl (C=O) groups is 1. The Balaban J connectivity index is 1.89. The number of halogens is 1. The minimum absolute atomic E-state index is 0.114. The lowest BCUT2D eigenvalue weighted by atomic mass is 10.2. The first kappa shape index (κ1) is 17.7. The molecule has 2 rings (SSSR count). The zero-order valence-electron chi connectivity index (χ0n) is 12.2. The van der Waals surface area contributed by atoms with Gasteiger partial charge in [-0.15, -0.1) is 0 Å². The van der Waals surface area contributed by atoms with E-state index in [0.717, 1.165) is 15.9 Å². The van der Waals surface area contributed by atoms with E-state index in [4.69, 9.17) is 4.74 Å². The van der Waals surface area contributed by atoms with Gasteiger partial charge in [0.15, 0.2) is 6.61 Å². The lowest BCUT2D eigenvalue weighted by Crippen LogP contribution is -2.24. The van der Waals surface area contributed by atoms with Crippen LogP contribution in [0.1, 0.15) is 5.56 Å². The fourth-order valence-corrected chi connectivity index (χ4v) is 2.00. The first-order chi connectivity index (χ1) is 11.5. The smallest absolute Gasteiger partial charge is 0.277 e. The molecule has 0 bridgehead atoms. The van der Waals surface area contributed by atoms with Crippen LogP contribution in [0, 0.1) is 13.7 Å².